The molecule has 0 radical (unpaired) electrons. The van der Waals surface area contributed by atoms with Crippen LogP contribution < -0.4 is 9.46 Å². The van der Waals surface area contributed by atoms with Crippen LogP contribution in [0.1, 0.15) is 11.1 Å². The van der Waals surface area contributed by atoms with Crippen molar-refractivity contribution in [2.45, 2.75) is 18.0 Å². The van der Waals surface area contributed by atoms with Crippen LogP contribution in [0.4, 0.5) is 0 Å². The van der Waals surface area contributed by atoms with Crippen LogP contribution in [0, 0.1) is 0 Å². The third-order valence-corrected chi connectivity index (χ3v) is 4.84. The summed E-state index contributed by atoms with van der Waals surface area (Å²) in [5.74, 6) is 0.625. The Hall–Kier alpha value is -1.89. The summed E-state index contributed by atoms with van der Waals surface area (Å²) in [7, 11) is 1.97. The normalized spacial score (nSPS) is 11.7. The zero-order valence-corrected chi connectivity index (χ0v) is 14.4. The van der Waals surface area contributed by atoms with Crippen LogP contribution >= 0.6 is 0 Å². The van der Waals surface area contributed by atoms with Gasteiger partial charge in [0.15, 0.2) is 0 Å². The van der Waals surface area contributed by atoms with E-state index in [1.165, 1.54) is 12.1 Å². The summed E-state index contributed by atoms with van der Waals surface area (Å²) in [4.78, 5) is 2.28. The molecule has 6 heteroatoms. The molecular formula is C17H22N2O3S. The van der Waals surface area contributed by atoms with E-state index >= 15 is 0 Å². The Bertz CT molecular complexity index is 741. The van der Waals surface area contributed by atoms with Crippen LogP contribution in [0.3, 0.4) is 0 Å². The van der Waals surface area contributed by atoms with Gasteiger partial charge < -0.3 is 9.64 Å². The van der Waals surface area contributed by atoms with E-state index in [2.05, 4.69) is 9.62 Å². The van der Waals surface area contributed by atoms with Crippen molar-refractivity contribution >= 4 is 10.0 Å². The monoisotopic (exact) mass is 334 g/mol. The molecule has 0 fully saturated rings. The fourth-order valence-corrected chi connectivity index (χ4v) is 3.24. The van der Waals surface area contributed by atoms with Crippen molar-refractivity contribution in [3.63, 3.8) is 0 Å². The molecule has 0 saturated heterocycles. The number of hydrogen-bond donors (Lipinski definition) is 1. The zero-order chi connectivity index (χ0) is 16.9. The van der Waals surface area contributed by atoms with Crippen molar-refractivity contribution in [3.05, 3.63) is 59.7 Å². The first kappa shape index (κ1) is 17.5. The maximum absolute atomic E-state index is 12.4. The number of benzene rings is 2. The van der Waals surface area contributed by atoms with Gasteiger partial charge in [-0.15, -0.1) is 0 Å². The Kier molecular flexibility index (Phi) is 5.76. The van der Waals surface area contributed by atoms with Crippen molar-refractivity contribution in [3.8, 4) is 5.75 Å². The van der Waals surface area contributed by atoms with Gasteiger partial charge >= 0.3 is 0 Å². The molecule has 0 atom stereocenters. The lowest BCUT2D eigenvalue weighted by Gasteiger charge is -2.15. The Morgan fingerprint density at radius 2 is 1.61 bits per heavy atom. The topological polar surface area (TPSA) is 58.6 Å². The molecule has 0 spiro atoms. The second-order valence-corrected chi connectivity index (χ2v) is 7.27. The minimum atomic E-state index is -3.55. The van der Waals surface area contributed by atoms with Crippen LogP contribution in [0.25, 0.3) is 0 Å². The van der Waals surface area contributed by atoms with Gasteiger partial charge in [-0.2, -0.15) is 0 Å². The summed E-state index contributed by atoms with van der Waals surface area (Å²) in [5.41, 5.74) is 2.08. The van der Waals surface area contributed by atoms with E-state index < -0.39 is 10.0 Å². The van der Waals surface area contributed by atoms with Crippen molar-refractivity contribution in [1.82, 2.24) is 9.62 Å². The molecule has 0 bridgehead atoms. The maximum Gasteiger partial charge on any atom is 0.240 e. The molecule has 2 aromatic rings. The molecule has 124 valence electrons. The van der Waals surface area contributed by atoms with Crippen LogP contribution in [-0.4, -0.2) is 34.5 Å². The van der Waals surface area contributed by atoms with E-state index in [1.54, 1.807) is 19.2 Å². The van der Waals surface area contributed by atoms with Gasteiger partial charge in [0.05, 0.1) is 12.0 Å². The fourth-order valence-electron chi connectivity index (χ4n) is 2.24. The van der Waals surface area contributed by atoms with Gasteiger partial charge in [0.1, 0.15) is 5.75 Å². The highest BCUT2D eigenvalue weighted by atomic mass is 32.2. The van der Waals surface area contributed by atoms with Crippen molar-refractivity contribution in [2.24, 2.45) is 0 Å². The van der Waals surface area contributed by atoms with Gasteiger partial charge in [-0.1, -0.05) is 24.3 Å². The Labute approximate surface area is 137 Å². The maximum atomic E-state index is 12.4. The quantitative estimate of drug-likeness (QED) is 0.844. The van der Waals surface area contributed by atoms with E-state index in [0.717, 1.165) is 17.7 Å². The number of sulfonamides is 1. The highest BCUT2D eigenvalue weighted by Crippen LogP contribution is 2.16. The molecule has 0 aliphatic rings. The molecule has 0 unspecified atom stereocenters. The van der Waals surface area contributed by atoms with Gasteiger partial charge in [0, 0.05) is 13.1 Å². The van der Waals surface area contributed by atoms with Crippen molar-refractivity contribution in [1.29, 1.82) is 0 Å². The van der Waals surface area contributed by atoms with E-state index in [4.69, 9.17) is 4.74 Å². The minimum Gasteiger partial charge on any atom is -0.497 e. The molecule has 0 aromatic heterocycles. The van der Waals surface area contributed by atoms with Crippen LogP contribution in [0.5, 0.6) is 5.75 Å². The second kappa shape index (κ2) is 7.59. The predicted molar refractivity (Wildman–Crippen MR) is 90.9 cm³/mol. The largest absolute Gasteiger partial charge is 0.497 e. The molecular weight excluding hydrogens is 312 g/mol. The number of rotatable bonds is 7. The Morgan fingerprint density at radius 3 is 2.17 bits per heavy atom. The average molecular weight is 334 g/mol. The highest BCUT2D eigenvalue weighted by Gasteiger charge is 2.14. The predicted octanol–water partition coefficient (Wildman–Crippen LogP) is 2.24. The second-order valence-electron chi connectivity index (χ2n) is 5.51. The van der Waals surface area contributed by atoms with E-state index in [-0.39, 0.29) is 11.4 Å². The van der Waals surface area contributed by atoms with Crippen molar-refractivity contribution in [2.75, 3.05) is 21.2 Å². The number of nitrogens with zero attached hydrogens (tertiary/aromatic N) is 1. The smallest absolute Gasteiger partial charge is 0.240 e. The standard InChI is InChI=1S/C17H22N2O3S/c1-19(2)13-15-7-5-4-6-14(15)12-18-23(20,21)17-10-8-16(22-3)9-11-17/h4-11,18H,12-13H2,1-3H3. The summed E-state index contributed by atoms with van der Waals surface area (Å²) in [6, 6.07) is 14.2. The van der Waals surface area contributed by atoms with Crippen LogP contribution in [0.15, 0.2) is 53.4 Å². The first-order chi connectivity index (χ1) is 10.9. The molecule has 2 rings (SSSR count). The highest BCUT2D eigenvalue weighted by molar-refractivity contribution is 7.89. The summed E-state index contributed by atoms with van der Waals surface area (Å²) < 4.78 is 32.5. The number of ether oxygens (including phenoxy) is 1. The molecule has 0 aliphatic carbocycles. The van der Waals surface area contributed by atoms with E-state index in [9.17, 15) is 8.42 Å². The summed E-state index contributed by atoms with van der Waals surface area (Å²) in [6.07, 6.45) is 0. The van der Waals surface area contributed by atoms with Gasteiger partial charge in [-0.05, 0) is 49.5 Å². The number of nitrogens with one attached hydrogen (secondary N) is 1. The molecule has 0 heterocycles. The molecule has 5 nitrogen and oxygen atoms in total. The van der Waals surface area contributed by atoms with Gasteiger partial charge in [0.25, 0.3) is 0 Å². The number of hydrogen-bond acceptors (Lipinski definition) is 4. The molecule has 1 N–H and O–H groups in total. The lowest BCUT2D eigenvalue weighted by atomic mass is 10.1. The van der Waals surface area contributed by atoms with Gasteiger partial charge in [0.2, 0.25) is 10.0 Å². The van der Waals surface area contributed by atoms with Crippen molar-refractivity contribution < 1.29 is 13.2 Å². The zero-order valence-electron chi connectivity index (χ0n) is 13.6. The Balaban J connectivity index is 2.13. The lowest BCUT2D eigenvalue weighted by Crippen LogP contribution is -2.24. The summed E-state index contributed by atoms with van der Waals surface area (Å²) in [5, 5.41) is 0. The molecule has 2 aromatic carbocycles. The third-order valence-electron chi connectivity index (χ3n) is 3.43. The first-order valence-electron chi connectivity index (χ1n) is 7.27. The lowest BCUT2D eigenvalue weighted by molar-refractivity contribution is 0.400. The SMILES string of the molecule is COc1ccc(S(=O)(=O)NCc2ccccc2CN(C)C)cc1. The summed E-state index contributed by atoms with van der Waals surface area (Å²) >= 11 is 0. The molecule has 0 saturated carbocycles. The molecule has 0 aliphatic heterocycles. The van der Waals surface area contributed by atoms with Crippen LogP contribution in [-0.2, 0) is 23.1 Å². The van der Waals surface area contributed by atoms with Crippen LogP contribution in [0.2, 0.25) is 0 Å². The fraction of sp³-hybridized carbons (Fsp3) is 0.294. The average Bonchev–Trinajstić information content (AvgIpc) is 2.53. The van der Waals surface area contributed by atoms with Gasteiger partial charge in [-0.3, -0.25) is 0 Å². The third kappa shape index (κ3) is 4.79. The minimum absolute atomic E-state index is 0.225. The van der Waals surface area contributed by atoms with Gasteiger partial charge in [-0.25, -0.2) is 13.1 Å². The number of methoxy groups -OCH3 is 1. The van der Waals surface area contributed by atoms with E-state index in [0.29, 0.717) is 5.75 Å². The first-order valence-corrected chi connectivity index (χ1v) is 8.76. The van der Waals surface area contributed by atoms with E-state index in [1.807, 2.05) is 38.4 Å². The molecule has 0 amide bonds. The molecule has 23 heavy (non-hydrogen) atoms. The summed E-state index contributed by atoms with van der Waals surface area (Å²) in [6.45, 7) is 1.03. The Morgan fingerprint density at radius 1 is 1.00 bits per heavy atom.